The Morgan fingerprint density at radius 2 is 1.60 bits per heavy atom. The van der Waals surface area contributed by atoms with Crippen LogP contribution in [-0.2, 0) is 14.3 Å². The molecule has 2 aromatic heterocycles. The number of hydrogen-bond donors (Lipinski definition) is 6. The van der Waals surface area contributed by atoms with Gasteiger partial charge >= 0.3 is 12.2 Å². The molecule has 0 bridgehead atoms. The topological polar surface area (TPSA) is 197 Å². The van der Waals surface area contributed by atoms with Gasteiger partial charge in [0.2, 0.25) is 0 Å². The van der Waals surface area contributed by atoms with Crippen molar-refractivity contribution in [2.45, 2.75) is 89.3 Å². The summed E-state index contributed by atoms with van der Waals surface area (Å²) in [6.07, 6.45) is 5.20. The van der Waals surface area contributed by atoms with Crippen LogP contribution in [0.2, 0.25) is 0 Å². The fourth-order valence-corrected chi connectivity index (χ4v) is 7.63. The third-order valence-electron chi connectivity index (χ3n) is 8.93. The molecular formula is C37H44N6O8S. The highest BCUT2D eigenvalue weighted by Crippen LogP contribution is 2.51. The summed E-state index contributed by atoms with van der Waals surface area (Å²) < 4.78 is 11.2. The van der Waals surface area contributed by atoms with E-state index in [1.165, 1.54) is 18.0 Å². The summed E-state index contributed by atoms with van der Waals surface area (Å²) in [7, 11) is 0. The number of nitrogens with zero attached hydrogens (tertiary/aromatic N) is 4. The molecular weight excluding hydrogens is 689 g/mol. The van der Waals surface area contributed by atoms with Gasteiger partial charge in [-0.15, -0.1) is 11.8 Å². The number of aromatic hydroxyl groups is 4. The van der Waals surface area contributed by atoms with E-state index in [1.807, 2.05) is 27.0 Å². The van der Waals surface area contributed by atoms with Crippen molar-refractivity contribution in [1.82, 2.24) is 29.7 Å². The number of rotatable bonds is 4. The van der Waals surface area contributed by atoms with Crippen LogP contribution in [0.3, 0.4) is 0 Å². The Morgan fingerprint density at radius 3 is 2.25 bits per heavy atom. The molecule has 4 aromatic rings. The lowest BCUT2D eigenvalue weighted by molar-refractivity contribution is 0.0181. The second-order valence-electron chi connectivity index (χ2n) is 14.9. The molecule has 4 heterocycles. The van der Waals surface area contributed by atoms with Gasteiger partial charge in [0.25, 0.3) is 0 Å². The summed E-state index contributed by atoms with van der Waals surface area (Å²) in [5.74, 6) is 3.65. The van der Waals surface area contributed by atoms with Gasteiger partial charge in [-0.2, -0.15) is 0 Å². The van der Waals surface area contributed by atoms with Crippen LogP contribution < -0.4 is 0 Å². The number of fused-ring (bicyclic) bond motifs is 1. The lowest BCUT2D eigenvalue weighted by atomic mass is 10.0. The van der Waals surface area contributed by atoms with E-state index in [2.05, 4.69) is 26.8 Å². The monoisotopic (exact) mass is 732 g/mol. The number of aromatic nitrogens is 4. The quantitative estimate of drug-likeness (QED) is 0.0734. The molecule has 2 unspecified atom stereocenters. The number of thioether (sulfide) groups is 1. The maximum Gasteiger partial charge on any atom is 0.411 e. The molecule has 6 N–H and O–H groups in total. The standard InChI is InChI=1S/C37H44N6O8S/c1-35(2,3)50-33(48)42-16-8-10-25(42)31-38-19-24(39-31)26-29(46)27(44)21(28(45)30(26)47)13-11-20-12-14-22-23(18-20)41-32(40-22)37(52-7)15-9-17-43(37)34(49)51-36(4,5)6/h12,14,18-19,25,44-47H,8-10,15-17H2,1-7H3,(H,38,39)(H,40,41). The first-order valence-corrected chi connectivity index (χ1v) is 18.3. The second kappa shape index (κ2) is 13.4. The highest BCUT2D eigenvalue weighted by atomic mass is 32.2. The second-order valence-corrected chi connectivity index (χ2v) is 16.0. The summed E-state index contributed by atoms with van der Waals surface area (Å²) in [4.78, 5) is 44.1. The molecule has 2 atom stereocenters. The zero-order valence-corrected chi connectivity index (χ0v) is 31.1. The zero-order chi connectivity index (χ0) is 37.7. The molecule has 2 amide bonds. The predicted octanol–water partition coefficient (Wildman–Crippen LogP) is 6.79. The number of phenolic OH excluding ortho intramolecular Hbond substituents is 4. The number of phenols is 4. The van der Waals surface area contributed by atoms with E-state index in [0.717, 1.165) is 12.8 Å². The van der Waals surface area contributed by atoms with E-state index in [4.69, 9.17) is 14.5 Å². The Labute approximate surface area is 305 Å². The Bertz CT molecular complexity index is 2070. The van der Waals surface area contributed by atoms with Crippen LogP contribution in [-0.4, -0.2) is 92.9 Å². The lowest BCUT2D eigenvalue weighted by Gasteiger charge is -2.36. The van der Waals surface area contributed by atoms with E-state index in [9.17, 15) is 30.0 Å². The minimum absolute atomic E-state index is 0.113. The molecule has 2 aromatic carbocycles. The van der Waals surface area contributed by atoms with Crippen LogP contribution in [0.25, 0.3) is 22.3 Å². The molecule has 2 aliphatic rings. The fourth-order valence-electron chi connectivity index (χ4n) is 6.60. The number of carbonyl (C=O) groups is 2. The van der Waals surface area contributed by atoms with Crippen LogP contribution >= 0.6 is 11.8 Å². The first-order valence-electron chi connectivity index (χ1n) is 17.0. The highest BCUT2D eigenvalue weighted by Gasteiger charge is 2.48. The predicted molar refractivity (Wildman–Crippen MR) is 195 cm³/mol. The number of imidazole rings is 2. The van der Waals surface area contributed by atoms with Gasteiger partial charge in [0.05, 0.1) is 34.5 Å². The molecule has 6 rings (SSSR count). The molecule has 276 valence electrons. The molecule has 0 aliphatic carbocycles. The number of ether oxygens (including phenoxy) is 2. The number of amides is 2. The number of likely N-dealkylation sites (tertiary alicyclic amines) is 2. The zero-order valence-electron chi connectivity index (χ0n) is 30.2. The van der Waals surface area contributed by atoms with Gasteiger partial charge in [-0.05, 0) is 91.7 Å². The summed E-state index contributed by atoms with van der Waals surface area (Å²) in [6, 6.07) is 4.79. The number of H-pyrrole nitrogens is 2. The van der Waals surface area contributed by atoms with Crippen LogP contribution in [0, 0.1) is 11.8 Å². The van der Waals surface area contributed by atoms with E-state index in [1.54, 1.807) is 48.8 Å². The van der Waals surface area contributed by atoms with Crippen LogP contribution in [0.4, 0.5) is 9.59 Å². The van der Waals surface area contributed by atoms with Crippen molar-refractivity contribution in [3.63, 3.8) is 0 Å². The fraction of sp³-hybridized carbons (Fsp3) is 0.459. The molecule has 15 heteroatoms. The molecule has 2 fully saturated rings. The Balaban J connectivity index is 1.27. The third kappa shape index (κ3) is 6.87. The molecule has 52 heavy (non-hydrogen) atoms. The van der Waals surface area contributed by atoms with Crippen molar-refractivity contribution >= 4 is 35.0 Å². The maximum absolute atomic E-state index is 13.2. The van der Waals surface area contributed by atoms with Crippen LogP contribution in [0.1, 0.15) is 96.0 Å². The van der Waals surface area contributed by atoms with Crippen molar-refractivity contribution in [3.05, 3.63) is 47.2 Å². The van der Waals surface area contributed by atoms with Crippen molar-refractivity contribution < 1.29 is 39.5 Å². The van der Waals surface area contributed by atoms with Gasteiger partial charge in [0.1, 0.15) is 33.3 Å². The summed E-state index contributed by atoms with van der Waals surface area (Å²) >= 11 is 1.51. The number of hydrogen-bond acceptors (Lipinski definition) is 11. The maximum atomic E-state index is 13.2. The number of benzene rings is 2. The van der Waals surface area contributed by atoms with E-state index < -0.39 is 57.3 Å². The molecule has 0 saturated carbocycles. The van der Waals surface area contributed by atoms with Gasteiger partial charge in [0.15, 0.2) is 23.0 Å². The SMILES string of the molecule is CSC1(c2nc3ccc(C#Cc4c(O)c(O)c(-c5cnc(C6CCCN6C(=O)OC(C)(C)C)[nH]5)c(O)c4O)cc3[nH]2)CCCN1C(=O)OC(C)(C)C. The van der Waals surface area contributed by atoms with Gasteiger partial charge < -0.3 is 39.9 Å². The van der Waals surface area contributed by atoms with Crippen molar-refractivity contribution in [2.75, 3.05) is 19.3 Å². The minimum atomic E-state index is -0.744. The van der Waals surface area contributed by atoms with Crippen LogP contribution in [0.5, 0.6) is 23.0 Å². The molecule has 0 radical (unpaired) electrons. The molecule has 2 aliphatic heterocycles. The number of nitrogens with one attached hydrogen (secondary N) is 2. The average Bonchev–Trinajstić information content (AvgIpc) is 3.87. The van der Waals surface area contributed by atoms with E-state index in [-0.39, 0.29) is 16.8 Å². The van der Waals surface area contributed by atoms with Gasteiger partial charge in [-0.1, -0.05) is 11.8 Å². The Morgan fingerprint density at radius 1 is 0.923 bits per heavy atom. The lowest BCUT2D eigenvalue weighted by Crippen LogP contribution is -2.45. The van der Waals surface area contributed by atoms with E-state index >= 15 is 0 Å². The minimum Gasteiger partial charge on any atom is -0.504 e. The normalized spacial score (nSPS) is 19.2. The molecule has 2 saturated heterocycles. The van der Waals surface area contributed by atoms with Crippen molar-refractivity contribution in [2.24, 2.45) is 0 Å². The van der Waals surface area contributed by atoms with Gasteiger partial charge in [-0.3, -0.25) is 9.80 Å². The first-order chi connectivity index (χ1) is 24.4. The number of aromatic amines is 2. The summed E-state index contributed by atoms with van der Waals surface area (Å²) in [5.41, 5.74) is -0.0649. The third-order valence-corrected chi connectivity index (χ3v) is 10.2. The smallest absolute Gasteiger partial charge is 0.411 e. The summed E-state index contributed by atoms with van der Waals surface area (Å²) in [5, 5.41) is 44.0. The van der Waals surface area contributed by atoms with Gasteiger partial charge in [0, 0.05) is 18.7 Å². The Hall–Kier alpha value is -5.23. The van der Waals surface area contributed by atoms with E-state index in [0.29, 0.717) is 54.2 Å². The Kier molecular flexibility index (Phi) is 9.41. The average molecular weight is 733 g/mol. The summed E-state index contributed by atoms with van der Waals surface area (Å²) in [6.45, 7) is 11.9. The number of carbonyl (C=O) groups excluding carboxylic acids is 2. The van der Waals surface area contributed by atoms with Gasteiger partial charge in [-0.25, -0.2) is 19.6 Å². The van der Waals surface area contributed by atoms with Crippen molar-refractivity contribution in [1.29, 1.82) is 0 Å². The van der Waals surface area contributed by atoms with Crippen molar-refractivity contribution in [3.8, 4) is 46.1 Å². The largest absolute Gasteiger partial charge is 0.504 e. The molecule has 14 nitrogen and oxygen atoms in total. The molecule has 0 spiro atoms. The highest BCUT2D eigenvalue weighted by molar-refractivity contribution is 7.99. The first kappa shape index (κ1) is 36.6. The van der Waals surface area contributed by atoms with Crippen LogP contribution in [0.15, 0.2) is 24.4 Å².